The van der Waals surface area contributed by atoms with E-state index in [4.69, 9.17) is 10.2 Å². The van der Waals surface area contributed by atoms with Gasteiger partial charge in [-0.1, -0.05) is 25.1 Å². The van der Waals surface area contributed by atoms with Gasteiger partial charge in [-0.15, -0.1) is 0 Å². The standard InChI is InChI=1S/C14H15F3N2O/c1-9(7-18)12-8-20-13(19-12)6-10-3-2-4-11(5-10)14(15,16)17/h2-5,8-9H,6-7,18H2,1H3. The Morgan fingerprint density at radius 1 is 1.35 bits per heavy atom. The molecule has 2 rings (SSSR count). The van der Waals surface area contributed by atoms with Crippen molar-refractivity contribution in [2.24, 2.45) is 5.73 Å². The molecule has 1 unspecified atom stereocenters. The Morgan fingerprint density at radius 3 is 2.75 bits per heavy atom. The molecular weight excluding hydrogens is 269 g/mol. The van der Waals surface area contributed by atoms with E-state index in [9.17, 15) is 13.2 Å². The average molecular weight is 284 g/mol. The van der Waals surface area contributed by atoms with Crippen LogP contribution >= 0.6 is 0 Å². The van der Waals surface area contributed by atoms with Crippen molar-refractivity contribution in [2.75, 3.05) is 6.54 Å². The zero-order chi connectivity index (χ0) is 14.8. The van der Waals surface area contributed by atoms with Crippen molar-refractivity contribution >= 4 is 0 Å². The predicted octanol–water partition coefficient (Wildman–Crippen LogP) is 3.35. The third kappa shape index (κ3) is 3.39. The van der Waals surface area contributed by atoms with Gasteiger partial charge >= 0.3 is 6.18 Å². The monoisotopic (exact) mass is 284 g/mol. The van der Waals surface area contributed by atoms with E-state index in [1.54, 1.807) is 6.07 Å². The predicted molar refractivity (Wildman–Crippen MR) is 68.2 cm³/mol. The van der Waals surface area contributed by atoms with Gasteiger partial charge in [0, 0.05) is 18.9 Å². The first-order chi connectivity index (χ1) is 9.40. The van der Waals surface area contributed by atoms with E-state index >= 15 is 0 Å². The Hall–Kier alpha value is -1.82. The van der Waals surface area contributed by atoms with Crippen LogP contribution in [0.3, 0.4) is 0 Å². The minimum atomic E-state index is -4.34. The molecule has 6 heteroatoms. The molecule has 0 aliphatic heterocycles. The highest BCUT2D eigenvalue weighted by Crippen LogP contribution is 2.30. The first kappa shape index (κ1) is 14.6. The maximum absolute atomic E-state index is 12.6. The Kier molecular flexibility index (Phi) is 4.13. The zero-order valence-electron chi connectivity index (χ0n) is 10.9. The van der Waals surface area contributed by atoms with Crippen LogP contribution in [0.15, 0.2) is 34.9 Å². The van der Waals surface area contributed by atoms with Gasteiger partial charge in [0.15, 0.2) is 5.89 Å². The summed E-state index contributed by atoms with van der Waals surface area (Å²) in [7, 11) is 0. The number of alkyl halides is 3. The summed E-state index contributed by atoms with van der Waals surface area (Å²) in [5, 5.41) is 0. The molecule has 108 valence electrons. The lowest BCUT2D eigenvalue weighted by atomic mass is 10.1. The number of hydrogen-bond donors (Lipinski definition) is 1. The number of nitrogens with two attached hydrogens (primary N) is 1. The lowest BCUT2D eigenvalue weighted by Gasteiger charge is -2.07. The van der Waals surface area contributed by atoms with E-state index in [0.29, 0.717) is 18.0 Å². The van der Waals surface area contributed by atoms with Gasteiger partial charge < -0.3 is 10.2 Å². The number of halogens is 3. The smallest absolute Gasteiger partial charge is 0.416 e. The maximum Gasteiger partial charge on any atom is 0.416 e. The van der Waals surface area contributed by atoms with Crippen LogP contribution in [0.25, 0.3) is 0 Å². The van der Waals surface area contributed by atoms with Crippen LogP contribution in [0, 0.1) is 0 Å². The number of benzene rings is 1. The van der Waals surface area contributed by atoms with Crippen LogP contribution in [0.5, 0.6) is 0 Å². The Bertz CT molecular complexity index is 578. The van der Waals surface area contributed by atoms with Crippen molar-refractivity contribution in [1.82, 2.24) is 4.98 Å². The van der Waals surface area contributed by atoms with Crippen molar-refractivity contribution in [3.63, 3.8) is 0 Å². The fourth-order valence-electron chi connectivity index (χ4n) is 1.79. The molecule has 1 aromatic carbocycles. The van der Waals surface area contributed by atoms with Crippen LogP contribution in [0.1, 0.15) is 35.6 Å². The highest BCUT2D eigenvalue weighted by molar-refractivity contribution is 5.27. The van der Waals surface area contributed by atoms with E-state index in [-0.39, 0.29) is 12.3 Å². The normalized spacial score (nSPS) is 13.4. The third-order valence-corrected chi connectivity index (χ3v) is 3.04. The van der Waals surface area contributed by atoms with Gasteiger partial charge in [0.25, 0.3) is 0 Å². The molecule has 3 nitrogen and oxygen atoms in total. The van der Waals surface area contributed by atoms with Crippen molar-refractivity contribution in [3.8, 4) is 0 Å². The molecule has 0 spiro atoms. The summed E-state index contributed by atoms with van der Waals surface area (Å²) in [5.41, 5.74) is 6.08. The molecule has 0 aliphatic rings. The molecule has 0 amide bonds. The fourth-order valence-corrected chi connectivity index (χ4v) is 1.79. The fraction of sp³-hybridized carbons (Fsp3) is 0.357. The third-order valence-electron chi connectivity index (χ3n) is 3.04. The highest BCUT2D eigenvalue weighted by Gasteiger charge is 2.30. The van der Waals surface area contributed by atoms with Crippen LogP contribution in [0.4, 0.5) is 13.2 Å². The Labute approximate surface area is 114 Å². The summed E-state index contributed by atoms with van der Waals surface area (Å²) in [5.74, 6) is 0.452. The molecule has 2 N–H and O–H groups in total. The molecule has 1 atom stereocenters. The quantitative estimate of drug-likeness (QED) is 0.936. The van der Waals surface area contributed by atoms with Gasteiger partial charge in [-0.05, 0) is 11.6 Å². The number of oxazole rings is 1. The molecule has 0 saturated heterocycles. The maximum atomic E-state index is 12.6. The van der Waals surface area contributed by atoms with Gasteiger partial charge in [0.05, 0.1) is 11.3 Å². The first-order valence-corrected chi connectivity index (χ1v) is 6.20. The molecule has 1 aromatic heterocycles. The van der Waals surface area contributed by atoms with E-state index in [1.165, 1.54) is 12.3 Å². The van der Waals surface area contributed by atoms with Crippen molar-refractivity contribution in [1.29, 1.82) is 0 Å². The van der Waals surface area contributed by atoms with Crippen LogP contribution in [0.2, 0.25) is 0 Å². The van der Waals surface area contributed by atoms with Gasteiger partial charge in [-0.25, -0.2) is 4.98 Å². The Balaban J connectivity index is 2.16. The van der Waals surface area contributed by atoms with Crippen LogP contribution in [-0.2, 0) is 12.6 Å². The van der Waals surface area contributed by atoms with E-state index in [2.05, 4.69) is 4.98 Å². The summed E-state index contributed by atoms with van der Waals surface area (Å²) in [4.78, 5) is 4.24. The molecule has 0 radical (unpaired) electrons. The topological polar surface area (TPSA) is 52.0 Å². The second-order valence-electron chi connectivity index (χ2n) is 4.68. The van der Waals surface area contributed by atoms with Gasteiger partial charge in [-0.3, -0.25) is 0 Å². The lowest BCUT2D eigenvalue weighted by molar-refractivity contribution is -0.137. The number of rotatable bonds is 4. The Morgan fingerprint density at radius 2 is 2.10 bits per heavy atom. The van der Waals surface area contributed by atoms with E-state index < -0.39 is 11.7 Å². The second kappa shape index (κ2) is 5.66. The SMILES string of the molecule is CC(CN)c1coc(Cc2cccc(C(F)(F)F)c2)n1. The molecule has 1 heterocycles. The largest absolute Gasteiger partial charge is 0.448 e. The molecule has 2 aromatic rings. The minimum Gasteiger partial charge on any atom is -0.448 e. The van der Waals surface area contributed by atoms with Gasteiger partial charge in [-0.2, -0.15) is 13.2 Å². The lowest BCUT2D eigenvalue weighted by Crippen LogP contribution is -2.09. The summed E-state index contributed by atoms with van der Waals surface area (Å²) in [6, 6.07) is 5.15. The van der Waals surface area contributed by atoms with Crippen LogP contribution < -0.4 is 5.73 Å². The van der Waals surface area contributed by atoms with E-state index in [1.807, 2.05) is 6.92 Å². The molecule has 0 fully saturated rings. The van der Waals surface area contributed by atoms with Crippen molar-refractivity contribution < 1.29 is 17.6 Å². The summed E-state index contributed by atoms with van der Waals surface area (Å²) < 4.78 is 43.1. The molecule has 0 saturated carbocycles. The highest BCUT2D eigenvalue weighted by atomic mass is 19.4. The summed E-state index contributed by atoms with van der Waals surface area (Å²) in [6.45, 7) is 2.35. The number of hydrogen-bond acceptors (Lipinski definition) is 3. The average Bonchev–Trinajstić information content (AvgIpc) is 2.85. The molecule has 20 heavy (non-hydrogen) atoms. The zero-order valence-corrected chi connectivity index (χ0v) is 10.9. The van der Waals surface area contributed by atoms with Gasteiger partial charge in [0.2, 0.25) is 0 Å². The van der Waals surface area contributed by atoms with Crippen molar-refractivity contribution in [3.05, 3.63) is 53.2 Å². The molecule has 0 bridgehead atoms. The molecular formula is C14H15F3N2O. The van der Waals surface area contributed by atoms with Gasteiger partial charge in [0.1, 0.15) is 6.26 Å². The van der Waals surface area contributed by atoms with E-state index in [0.717, 1.165) is 17.8 Å². The first-order valence-electron chi connectivity index (χ1n) is 6.20. The number of aromatic nitrogens is 1. The summed E-state index contributed by atoms with van der Waals surface area (Å²) in [6.07, 6.45) is -2.62. The minimum absolute atomic E-state index is 0.0639. The van der Waals surface area contributed by atoms with Crippen molar-refractivity contribution in [2.45, 2.75) is 25.4 Å². The second-order valence-corrected chi connectivity index (χ2v) is 4.68. The molecule has 0 aliphatic carbocycles. The van der Waals surface area contributed by atoms with Crippen LogP contribution in [-0.4, -0.2) is 11.5 Å². The summed E-state index contributed by atoms with van der Waals surface area (Å²) >= 11 is 0. The number of nitrogens with zero attached hydrogens (tertiary/aromatic N) is 1.